The van der Waals surface area contributed by atoms with Gasteiger partial charge < -0.3 is 0 Å². The van der Waals surface area contributed by atoms with E-state index in [1.165, 1.54) is 0 Å². The second-order valence-corrected chi connectivity index (χ2v) is 6.63. The standard InChI is InChI=1S/C11H6Br3NS/c12-7-5-9(14)11(15-6-7)16-10-4-2-1-3-8(10)13/h1-6H. The van der Waals surface area contributed by atoms with Crippen LogP contribution in [0.5, 0.6) is 0 Å². The van der Waals surface area contributed by atoms with Crippen LogP contribution in [0, 0.1) is 0 Å². The minimum absolute atomic E-state index is 0.954. The number of hydrogen-bond donors (Lipinski definition) is 0. The molecular formula is C11H6Br3NS. The number of rotatable bonds is 2. The van der Waals surface area contributed by atoms with Crippen LogP contribution < -0.4 is 0 Å². The van der Waals surface area contributed by atoms with E-state index in [1.807, 2.05) is 24.3 Å². The number of hydrogen-bond acceptors (Lipinski definition) is 2. The van der Waals surface area contributed by atoms with E-state index in [9.17, 15) is 0 Å². The second-order valence-electron chi connectivity index (χ2n) is 2.97. The summed E-state index contributed by atoms with van der Waals surface area (Å²) >= 11 is 12.0. The first kappa shape index (κ1) is 12.6. The zero-order chi connectivity index (χ0) is 11.5. The molecule has 0 aliphatic rings. The molecule has 0 saturated carbocycles. The van der Waals surface area contributed by atoms with Crippen LogP contribution in [-0.4, -0.2) is 4.98 Å². The topological polar surface area (TPSA) is 12.9 Å². The normalized spacial score (nSPS) is 10.4. The van der Waals surface area contributed by atoms with E-state index in [0.29, 0.717) is 0 Å². The molecule has 0 atom stereocenters. The molecule has 1 heterocycles. The number of pyridine rings is 1. The monoisotopic (exact) mass is 421 g/mol. The van der Waals surface area contributed by atoms with Crippen molar-refractivity contribution < 1.29 is 0 Å². The molecule has 0 fully saturated rings. The average molecular weight is 424 g/mol. The molecule has 0 aliphatic carbocycles. The predicted molar refractivity (Wildman–Crippen MR) is 77.9 cm³/mol. The Bertz CT molecular complexity index is 516. The zero-order valence-corrected chi connectivity index (χ0v) is 13.5. The van der Waals surface area contributed by atoms with E-state index in [4.69, 9.17) is 0 Å². The molecule has 82 valence electrons. The van der Waals surface area contributed by atoms with Crippen molar-refractivity contribution in [1.29, 1.82) is 0 Å². The zero-order valence-electron chi connectivity index (χ0n) is 7.95. The molecule has 1 aromatic heterocycles. The number of nitrogens with zero attached hydrogens (tertiary/aromatic N) is 1. The van der Waals surface area contributed by atoms with Crippen LogP contribution in [0.4, 0.5) is 0 Å². The van der Waals surface area contributed by atoms with Gasteiger partial charge in [0.2, 0.25) is 0 Å². The summed E-state index contributed by atoms with van der Waals surface area (Å²) in [6.45, 7) is 0. The minimum atomic E-state index is 0.954. The summed E-state index contributed by atoms with van der Waals surface area (Å²) in [4.78, 5) is 5.51. The molecule has 2 aromatic rings. The third-order valence-electron chi connectivity index (χ3n) is 1.82. The van der Waals surface area contributed by atoms with Gasteiger partial charge in [0.25, 0.3) is 0 Å². The third kappa shape index (κ3) is 3.09. The predicted octanol–water partition coefficient (Wildman–Crippen LogP) is 5.52. The van der Waals surface area contributed by atoms with Crippen molar-refractivity contribution in [3.05, 3.63) is 49.9 Å². The first-order valence-electron chi connectivity index (χ1n) is 4.40. The molecule has 0 bridgehead atoms. The highest BCUT2D eigenvalue weighted by Crippen LogP contribution is 2.36. The fourth-order valence-corrected chi connectivity index (χ4v) is 3.65. The summed E-state index contributed by atoms with van der Waals surface area (Å²) in [5.41, 5.74) is 0. The van der Waals surface area contributed by atoms with Gasteiger partial charge in [-0.1, -0.05) is 23.9 Å². The van der Waals surface area contributed by atoms with E-state index >= 15 is 0 Å². The lowest BCUT2D eigenvalue weighted by Crippen LogP contribution is -1.82. The lowest BCUT2D eigenvalue weighted by Gasteiger charge is -2.05. The van der Waals surface area contributed by atoms with Crippen molar-refractivity contribution in [2.75, 3.05) is 0 Å². The van der Waals surface area contributed by atoms with Crippen LogP contribution in [0.15, 0.2) is 59.9 Å². The summed E-state index contributed by atoms with van der Waals surface area (Å²) in [5, 5.41) is 0.954. The Kier molecular flexibility index (Phi) is 4.47. The van der Waals surface area contributed by atoms with E-state index < -0.39 is 0 Å². The SMILES string of the molecule is Brc1cnc(Sc2ccccc2Br)c(Br)c1. The van der Waals surface area contributed by atoms with E-state index in [1.54, 1.807) is 18.0 Å². The molecule has 1 nitrogen and oxygen atoms in total. The first-order valence-corrected chi connectivity index (χ1v) is 7.60. The van der Waals surface area contributed by atoms with Crippen molar-refractivity contribution in [2.24, 2.45) is 0 Å². The van der Waals surface area contributed by atoms with Crippen molar-refractivity contribution in [1.82, 2.24) is 4.98 Å². The Balaban J connectivity index is 2.31. The fourth-order valence-electron chi connectivity index (χ4n) is 1.11. The van der Waals surface area contributed by atoms with Crippen molar-refractivity contribution in [3.8, 4) is 0 Å². The van der Waals surface area contributed by atoms with Gasteiger partial charge >= 0.3 is 0 Å². The summed E-state index contributed by atoms with van der Waals surface area (Å²) in [7, 11) is 0. The van der Waals surface area contributed by atoms with Crippen LogP contribution in [0.25, 0.3) is 0 Å². The Morgan fingerprint density at radius 3 is 2.44 bits per heavy atom. The average Bonchev–Trinajstić information content (AvgIpc) is 2.25. The molecule has 0 radical (unpaired) electrons. The fraction of sp³-hybridized carbons (Fsp3) is 0. The maximum atomic E-state index is 4.36. The molecule has 1 aromatic carbocycles. The lowest BCUT2D eigenvalue weighted by atomic mass is 10.4. The van der Waals surface area contributed by atoms with E-state index in [-0.39, 0.29) is 0 Å². The molecule has 0 saturated heterocycles. The van der Waals surface area contributed by atoms with Crippen LogP contribution in [0.1, 0.15) is 0 Å². The Hall–Kier alpha value is 0.160. The van der Waals surface area contributed by atoms with Gasteiger partial charge in [0.1, 0.15) is 5.03 Å². The molecule has 16 heavy (non-hydrogen) atoms. The Morgan fingerprint density at radius 2 is 1.75 bits per heavy atom. The molecule has 2 rings (SSSR count). The van der Waals surface area contributed by atoms with Gasteiger partial charge in [0, 0.05) is 20.0 Å². The molecule has 0 aliphatic heterocycles. The summed E-state index contributed by atoms with van der Waals surface area (Å²) in [6.07, 6.45) is 1.80. The van der Waals surface area contributed by atoms with Crippen molar-refractivity contribution >= 4 is 59.6 Å². The molecule has 0 N–H and O–H groups in total. The van der Waals surface area contributed by atoms with Crippen LogP contribution in [-0.2, 0) is 0 Å². The highest BCUT2D eigenvalue weighted by molar-refractivity contribution is 9.11. The first-order chi connectivity index (χ1) is 7.66. The summed E-state index contributed by atoms with van der Waals surface area (Å²) in [6, 6.07) is 10.1. The maximum Gasteiger partial charge on any atom is 0.115 e. The maximum absolute atomic E-state index is 4.36. The van der Waals surface area contributed by atoms with Crippen molar-refractivity contribution in [3.63, 3.8) is 0 Å². The van der Waals surface area contributed by atoms with Gasteiger partial charge in [-0.15, -0.1) is 0 Å². The lowest BCUT2D eigenvalue weighted by molar-refractivity contribution is 1.10. The summed E-state index contributed by atoms with van der Waals surface area (Å²) in [5.74, 6) is 0. The van der Waals surface area contributed by atoms with Gasteiger partial charge in [-0.3, -0.25) is 0 Å². The van der Waals surface area contributed by atoms with Gasteiger partial charge in [-0.25, -0.2) is 4.98 Å². The molecule has 0 unspecified atom stereocenters. The van der Waals surface area contributed by atoms with E-state index in [0.717, 1.165) is 23.3 Å². The second kappa shape index (κ2) is 5.67. The highest BCUT2D eigenvalue weighted by atomic mass is 79.9. The number of halogens is 3. The van der Waals surface area contributed by atoms with Crippen LogP contribution >= 0.6 is 59.6 Å². The highest BCUT2D eigenvalue weighted by Gasteiger charge is 2.06. The Labute approximate surface area is 123 Å². The minimum Gasteiger partial charge on any atom is -0.247 e. The van der Waals surface area contributed by atoms with Gasteiger partial charge in [-0.2, -0.15) is 0 Å². The molecule has 5 heteroatoms. The molecular weight excluding hydrogens is 418 g/mol. The quantitative estimate of drug-likeness (QED) is 0.630. The van der Waals surface area contributed by atoms with Crippen molar-refractivity contribution in [2.45, 2.75) is 9.92 Å². The van der Waals surface area contributed by atoms with Gasteiger partial charge in [-0.05, 0) is 66.0 Å². The molecule has 0 amide bonds. The largest absolute Gasteiger partial charge is 0.247 e. The number of benzene rings is 1. The summed E-state index contributed by atoms with van der Waals surface area (Å²) < 4.78 is 3.04. The van der Waals surface area contributed by atoms with E-state index in [2.05, 4.69) is 58.8 Å². The molecule has 0 spiro atoms. The van der Waals surface area contributed by atoms with Gasteiger partial charge in [0.05, 0.1) is 4.47 Å². The Morgan fingerprint density at radius 1 is 1.00 bits per heavy atom. The van der Waals surface area contributed by atoms with Crippen LogP contribution in [0.2, 0.25) is 0 Å². The van der Waals surface area contributed by atoms with Crippen LogP contribution in [0.3, 0.4) is 0 Å². The smallest absolute Gasteiger partial charge is 0.115 e. The third-order valence-corrected chi connectivity index (χ3v) is 5.17. The van der Waals surface area contributed by atoms with Gasteiger partial charge in [0.15, 0.2) is 0 Å². The number of aromatic nitrogens is 1.